The molecule has 2 N–H and O–H groups in total. The number of amides is 1. The number of nitrogens with zero attached hydrogens (tertiary/aromatic N) is 4. The van der Waals surface area contributed by atoms with Crippen LogP contribution in [-0.4, -0.2) is 56.4 Å². The molecule has 0 saturated carbocycles. The van der Waals surface area contributed by atoms with Gasteiger partial charge in [0.05, 0.1) is 17.3 Å². The molecule has 0 fully saturated rings. The Morgan fingerprint density at radius 3 is 2.41 bits per heavy atom. The zero-order valence-electron chi connectivity index (χ0n) is 26.2. The fourth-order valence-electron chi connectivity index (χ4n) is 5.46. The molecule has 0 radical (unpaired) electrons. The summed E-state index contributed by atoms with van der Waals surface area (Å²) < 4.78 is 66.8. The molecule has 4 aromatic rings. The molecule has 1 heterocycles. The molecule has 0 unspecified atom stereocenters. The Morgan fingerprint density at radius 1 is 1.02 bits per heavy atom. The zero-order chi connectivity index (χ0) is 34.9. The van der Waals surface area contributed by atoms with Crippen LogP contribution in [0.2, 0.25) is 0 Å². The Bertz CT molecular complexity index is 1950. The van der Waals surface area contributed by atoms with Crippen molar-refractivity contribution in [3.05, 3.63) is 136 Å². The molecular formula is C35H33F2N5O6S. The number of azide groups is 1. The molecule has 254 valence electrons. The van der Waals surface area contributed by atoms with Crippen molar-refractivity contribution >= 4 is 27.3 Å². The minimum absolute atomic E-state index is 0.0231. The second kappa shape index (κ2) is 15.7. The van der Waals surface area contributed by atoms with Crippen LogP contribution in [0.15, 0.2) is 112 Å². The highest BCUT2D eigenvalue weighted by molar-refractivity contribution is 7.91. The largest absolute Gasteiger partial charge is 0.494 e. The maximum atomic E-state index is 14.4. The van der Waals surface area contributed by atoms with E-state index >= 15 is 0 Å². The number of rotatable bonds is 15. The summed E-state index contributed by atoms with van der Waals surface area (Å²) in [4.78, 5) is 22.2. The lowest BCUT2D eigenvalue weighted by Crippen LogP contribution is -2.49. The van der Waals surface area contributed by atoms with Crippen LogP contribution < -0.4 is 10.1 Å². The van der Waals surface area contributed by atoms with Crippen LogP contribution in [0.3, 0.4) is 0 Å². The number of aliphatic imine (C=N–C) groups is 1. The average molecular weight is 690 g/mol. The maximum Gasteiger partial charge on any atom is 0.252 e. The van der Waals surface area contributed by atoms with Gasteiger partial charge in [-0.2, -0.15) is 0 Å². The predicted octanol–water partition coefficient (Wildman–Crippen LogP) is 6.15. The Labute approximate surface area is 281 Å². The number of ether oxygens (including phenoxy) is 2. The van der Waals surface area contributed by atoms with Gasteiger partial charge < -0.3 is 19.9 Å². The van der Waals surface area contributed by atoms with Crippen LogP contribution in [0.1, 0.15) is 35.6 Å². The van der Waals surface area contributed by atoms with E-state index in [4.69, 9.17) is 19.6 Å². The van der Waals surface area contributed by atoms with Crippen LogP contribution in [0, 0.1) is 11.6 Å². The molecule has 0 bridgehead atoms. The number of nitrogens with one attached hydrogen (secondary N) is 1. The van der Waals surface area contributed by atoms with Crippen molar-refractivity contribution < 1.29 is 36.6 Å². The number of hydrogen-bond donors (Lipinski definition) is 2. The van der Waals surface area contributed by atoms with Gasteiger partial charge in [-0.15, -0.1) is 0 Å². The topological polar surface area (TPSA) is 163 Å². The molecule has 2 atom stereocenters. The number of carbonyl (C=O) groups is 1. The van der Waals surface area contributed by atoms with E-state index in [0.717, 1.165) is 18.2 Å². The molecule has 0 aliphatic carbocycles. The summed E-state index contributed by atoms with van der Waals surface area (Å²) in [5.41, 5.74) is 8.61. The van der Waals surface area contributed by atoms with Crippen molar-refractivity contribution in [1.29, 1.82) is 0 Å². The summed E-state index contributed by atoms with van der Waals surface area (Å²) in [6.45, 7) is 0.210. The van der Waals surface area contributed by atoms with Gasteiger partial charge in [0.15, 0.2) is 21.5 Å². The predicted molar refractivity (Wildman–Crippen MR) is 178 cm³/mol. The first-order valence-electron chi connectivity index (χ1n) is 15.4. The summed E-state index contributed by atoms with van der Waals surface area (Å²) in [7, 11) is -3.92. The molecule has 1 aliphatic rings. The highest BCUT2D eigenvalue weighted by Gasteiger charge is 2.54. The molecule has 0 aromatic heterocycles. The fourth-order valence-corrected chi connectivity index (χ4v) is 6.85. The Morgan fingerprint density at radius 2 is 1.71 bits per heavy atom. The second-order valence-electron chi connectivity index (χ2n) is 11.2. The van der Waals surface area contributed by atoms with Gasteiger partial charge in [-0.1, -0.05) is 47.6 Å². The lowest BCUT2D eigenvalue weighted by molar-refractivity contribution is -0.129. The summed E-state index contributed by atoms with van der Waals surface area (Å²) in [5.74, 6) is -2.18. The fraction of sp³-hybridized carbons (Fsp3) is 0.257. The summed E-state index contributed by atoms with van der Waals surface area (Å²) in [6.07, 6.45) is -1.08. The van der Waals surface area contributed by atoms with Crippen molar-refractivity contribution in [3.63, 3.8) is 0 Å². The normalized spacial score (nSPS) is 17.0. The Balaban J connectivity index is 1.56. The highest BCUT2D eigenvalue weighted by Crippen LogP contribution is 2.46. The van der Waals surface area contributed by atoms with Crippen molar-refractivity contribution in [3.8, 4) is 5.75 Å². The Hall–Kier alpha value is -5.30. The molecule has 0 saturated heterocycles. The van der Waals surface area contributed by atoms with Gasteiger partial charge in [0.25, 0.3) is 5.91 Å². The summed E-state index contributed by atoms with van der Waals surface area (Å²) in [5, 5.41) is 15.6. The van der Waals surface area contributed by atoms with Crippen molar-refractivity contribution in [2.45, 2.75) is 35.8 Å². The van der Waals surface area contributed by atoms with Crippen LogP contribution in [0.4, 0.5) is 14.5 Å². The average Bonchev–Trinajstić information content (AvgIpc) is 3.49. The van der Waals surface area contributed by atoms with Gasteiger partial charge in [0.2, 0.25) is 5.90 Å². The van der Waals surface area contributed by atoms with Gasteiger partial charge in [0.1, 0.15) is 17.4 Å². The van der Waals surface area contributed by atoms with Gasteiger partial charge in [-0.05, 0) is 66.0 Å². The standard InChI is InChI=1S/C35H33F2N5O6S/c36-26-21-24(22-27(37)23-26)15-17-39-34(44)35(16-20-49(45,46)29-7-2-1-3-8-29)32(30-9-4-5-10-31(30)41-42-38)48-33(40-35)25-11-13-28(14-12-25)47-19-6-18-43/h1-5,7-14,21-23,32,43H,6,15-20H2,(H,39,44)/t32-,35-/m1/s1. The minimum Gasteiger partial charge on any atom is -0.494 e. The number of sulfone groups is 1. The first-order valence-corrected chi connectivity index (χ1v) is 17.1. The van der Waals surface area contributed by atoms with Crippen molar-refractivity contribution in [2.24, 2.45) is 10.1 Å². The van der Waals surface area contributed by atoms with Crippen molar-refractivity contribution in [2.75, 3.05) is 25.5 Å². The van der Waals surface area contributed by atoms with E-state index in [-0.39, 0.29) is 42.5 Å². The van der Waals surface area contributed by atoms with E-state index in [1.165, 1.54) is 18.2 Å². The number of aliphatic hydroxyl groups excluding tert-OH is 1. The molecule has 4 aromatic carbocycles. The zero-order valence-corrected chi connectivity index (χ0v) is 27.0. The molecule has 1 aliphatic heterocycles. The number of carbonyl (C=O) groups excluding carboxylic acids is 1. The monoisotopic (exact) mass is 689 g/mol. The third-order valence-corrected chi connectivity index (χ3v) is 9.61. The SMILES string of the molecule is [N-]=[N+]=Nc1ccccc1[C@H]1OC(c2ccc(OCCCO)cc2)=N[C@@]1(CCS(=O)(=O)c1ccccc1)C(=O)NCCc1cc(F)cc(F)c1. The number of hydrogen-bond acceptors (Lipinski definition) is 8. The van der Waals surface area contributed by atoms with E-state index in [1.807, 2.05) is 0 Å². The molecular weight excluding hydrogens is 656 g/mol. The first-order chi connectivity index (χ1) is 23.6. The molecule has 14 heteroatoms. The molecule has 1 amide bonds. The van der Waals surface area contributed by atoms with Crippen molar-refractivity contribution in [1.82, 2.24) is 5.32 Å². The van der Waals surface area contributed by atoms with Gasteiger partial charge >= 0.3 is 0 Å². The first kappa shape index (κ1) is 35.0. The minimum atomic E-state index is -3.92. The van der Waals surface area contributed by atoms with E-state index in [0.29, 0.717) is 35.5 Å². The molecule has 11 nitrogen and oxygen atoms in total. The second-order valence-corrected chi connectivity index (χ2v) is 13.3. The highest BCUT2D eigenvalue weighted by atomic mass is 32.2. The Kier molecular flexibility index (Phi) is 11.2. The van der Waals surface area contributed by atoms with Gasteiger partial charge in [0, 0.05) is 53.8 Å². The van der Waals surface area contributed by atoms with Crippen LogP contribution in [0.5, 0.6) is 5.75 Å². The number of halogens is 2. The summed E-state index contributed by atoms with van der Waals surface area (Å²) >= 11 is 0. The lowest BCUT2D eigenvalue weighted by Gasteiger charge is -2.31. The molecule has 0 spiro atoms. The van der Waals surface area contributed by atoms with E-state index in [1.54, 1.807) is 60.7 Å². The number of benzene rings is 4. The number of aliphatic hydroxyl groups is 1. The van der Waals surface area contributed by atoms with E-state index in [2.05, 4.69) is 15.3 Å². The third kappa shape index (κ3) is 8.41. The smallest absolute Gasteiger partial charge is 0.252 e. The van der Waals surface area contributed by atoms with Gasteiger partial charge in [-0.3, -0.25) is 4.79 Å². The van der Waals surface area contributed by atoms with E-state index < -0.39 is 44.8 Å². The van der Waals surface area contributed by atoms with Gasteiger partial charge in [-0.25, -0.2) is 22.2 Å². The molecule has 49 heavy (non-hydrogen) atoms. The molecule has 5 rings (SSSR count). The van der Waals surface area contributed by atoms with Crippen LogP contribution >= 0.6 is 0 Å². The lowest BCUT2D eigenvalue weighted by atomic mass is 9.84. The van der Waals surface area contributed by atoms with Crippen LogP contribution in [0.25, 0.3) is 10.4 Å². The van der Waals surface area contributed by atoms with Crippen LogP contribution in [-0.2, 0) is 25.8 Å². The quantitative estimate of drug-likeness (QED) is 0.0659. The maximum absolute atomic E-state index is 14.4. The summed E-state index contributed by atoms with van der Waals surface area (Å²) in [6, 6.07) is 23.9. The third-order valence-electron chi connectivity index (χ3n) is 7.88. The van der Waals surface area contributed by atoms with E-state index in [9.17, 15) is 27.5 Å².